The van der Waals surface area contributed by atoms with Gasteiger partial charge in [0, 0.05) is 49.7 Å². The lowest BCUT2D eigenvalue weighted by atomic mass is 9.92. The Morgan fingerprint density at radius 3 is 2.80 bits per heavy atom. The third-order valence-electron chi connectivity index (χ3n) is 7.75. The number of aliphatic hydroxyl groups excluding tert-OH is 1. The first-order valence-electron chi connectivity index (χ1n) is 14.4. The average Bonchev–Trinajstić information content (AvgIpc) is 3.43. The number of anilines is 3. The summed E-state index contributed by atoms with van der Waals surface area (Å²) in [4.78, 5) is 33.4. The molecule has 4 aromatic rings. The summed E-state index contributed by atoms with van der Waals surface area (Å²) in [5, 5.41) is 21.1. The van der Waals surface area contributed by atoms with Crippen LogP contribution < -0.4 is 21.1 Å². The van der Waals surface area contributed by atoms with E-state index in [1.807, 2.05) is 42.6 Å². The van der Waals surface area contributed by atoms with Gasteiger partial charge in [-0.3, -0.25) is 9.59 Å². The highest BCUT2D eigenvalue weighted by Gasteiger charge is 2.25. The van der Waals surface area contributed by atoms with Gasteiger partial charge in [0.25, 0.3) is 11.5 Å². The first kappa shape index (κ1) is 28.8. The predicted octanol–water partition coefficient (Wildman–Crippen LogP) is 5.19. The zero-order chi connectivity index (χ0) is 28.8. The molecule has 0 saturated carbocycles. The van der Waals surface area contributed by atoms with E-state index in [4.69, 9.17) is 5.11 Å². The van der Waals surface area contributed by atoms with E-state index in [1.165, 1.54) is 16.0 Å². The van der Waals surface area contributed by atoms with Crippen molar-refractivity contribution < 1.29 is 9.90 Å². The number of nitrogens with zero attached hydrogens (tertiary/aromatic N) is 4. The van der Waals surface area contributed by atoms with Crippen molar-refractivity contribution in [3.8, 4) is 0 Å². The Kier molecular flexibility index (Phi) is 9.31. The van der Waals surface area contributed by atoms with Crippen LogP contribution >= 0.6 is 11.3 Å². The van der Waals surface area contributed by atoms with Gasteiger partial charge in [-0.1, -0.05) is 37.6 Å². The van der Waals surface area contributed by atoms with Gasteiger partial charge in [-0.25, -0.2) is 9.67 Å². The molecule has 0 aliphatic carbocycles. The number of unbranched alkanes of at least 4 members (excludes halogenated alkanes) is 1. The minimum Gasteiger partial charge on any atom is -0.396 e. The molecule has 0 spiro atoms. The quantitative estimate of drug-likeness (QED) is 0.211. The number of carbonyl (C=O) groups excluding carboxylic acids is 1. The summed E-state index contributed by atoms with van der Waals surface area (Å²) >= 11 is 1.51. The van der Waals surface area contributed by atoms with Crippen LogP contribution in [0.2, 0.25) is 0 Å². The molecule has 3 N–H and O–H groups in total. The van der Waals surface area contributed by atoms with Gasteiger partial charge in [0.2, 0.25) is 0 Å². The van der Waals surface area contributed by atoms with Crippen LogP contribution in [0.1, 0.15) is 66.6 Å². The molecule has 0 bridgehead atoms. The van der Waals surface area contributed by atoms with Crippen LogP contribution in [0.25, 0.3) is 10.1 Å². The number of benzene rings is 1. The monoisotopic (exact) mass is 574 g/mol. The number of pyridine rings is 1. The zero-order valence-corrected chi connectivity index (χ0v) is 24.5. The predicted molar refractivity (Wildman–Crippen MR) is 165 cm³/mol. The van der Waals surface area contributed by atoms with Crippen molar-refractivity contribution in [2.45, 2.75) is 57.4 Å². The topological polar surface area (TPSA) is 112 Å². The number of hydrogen-bond acceptors (Lipinski definition) is 8. The van der Waals surface area contributed by atoms with Crippen LogP contribution in [0.4, 0.5) is 17.3 Å². The second kappa shape index (κ2) is 13.3. The summed E-state index contributed by atoms with van der Waals surface area (Å²) in [6.07, 6.45) is 7.49. The standard InChI is InChI=1S/C31H38N6O3S/c1-3-21(9-6-7-16-38)23-13-14-28(32-19-23)34-25-18-29(35-36(2)31(25)40)37-15-8-11-24(20-37)33-30(39)27-17-22-10-4-5-12-26(22)41-27/h4-5,10,12-14,17-19,21,24,38H,3,6-9,11,15-16,20H2,1-2H3,(H,32,34)(H,33,39). The largest absolute Gasteiger partial charge is 0.396 e. The lowest BCUT2D eigenvalue weighted by Gasteiger charge is -2.34. The molecule has 2 atom stereocenters. The third kappa shape index (κ3) is 6.94. The maximum atomic E-state index is 13.0. The number of aromatic nitrogens is 3. The van der Waals surface area contributed by atoms with Crippen LogP contribution in [-0.2, 0) is 7.05 Å². The first-order chi connectivity index (χ1) is 19.9. The summed E-state index contributed by atoms with van der Waals surface area (Å²) in [5.74, 6) is 1.62. The minimum absolute atomic E-state index is 0.0185. The summed E-state index contributed by atoms with van der Waals surface area (Å²) < 4.78 is 2.45. The Hall–Kier alpha value is -3.76. The van der Waals surface area contributed by atoms with Crippen molar-refractivity contribution in [3.05, 3.63) is 75.5 Å². The Balaban J connectivity index is 1.26. The molecule has 1 aliphatic heterocycles. The highest BCUT2D eigenvalue weighted by molar-refractivity contribution is 7.20. The maximum absolute atomic E-state index is 13.0. The lowest BCUT2D eigenvalue weighted by Crippen LogP contribution is -2.48. The lowest BCUT2D eigenvalue weighted by molar-refractivity contribution is 0.0937. The number of hydrogen-bond donors (Lipinski definition) is 3. The Morgan fingerprint density at radius 2 is 2.05 bits per heavy atom. The van der Waals surface area contributed by atoms with Gasteiger partial charge < -0.3 is 20.6 Å². The van der Waals surface area contributed by atoms with Crippen molar-refractivity contribution in [1.82, 2.24) is 20.1 Å². The second-order valence-corrected chi connectivity index (χ2v) is 11.8. The molecule has 5 rings (SSSR count). The van der Waals surface area contributed by atoms with Gasteiger partial charge in [0.15, 0.2) is 5.82 Å². The zero-order valence-electron chi connectivity index (χ0n) is 23.7. The van der Waals surface area contributed by atoms with Gasteiger partial charge in [-0.05, 0) is 67.2 Å². The molecule has 1 aliphatic rings. The van der Waals surface area contributed by atoms with Crippen molar-refractivity contribution in [1.29, 1.82) is 0 Å². The van der Waals surface area contributed by atoms with E-state index in [9.17, 15) is 9.59 Å². The van der Waals surface area contributed by atoms with Gasteiger partial charge in [-0.15, -0.1) is 11.3 Å². The fourth-order valence-corrected chi connectivity index (χ4v) is 6.42. The molecule has 1 saturated heterocycles. The van der Waals surface area contributed by atoms with E-state index in [1.54, 1.807) is 13.1 Å². The van der Waals surface area contributed by atoms with E-state index in [-0.39, 0.29) is 24.1 Å². The fraction of sp³-hybridized carbons (Fsp3) is 0.419. The van der Waals surface area contributed by atoms with Gasteiger partial charge >= 0.3 is 0 Å². The number of nitrogens with one attached hydrogen (secondary N) is 2. The van der Waals surface area contributed by atoms with Crippen molar-refractivity contribution in [3.63, 3.8) is 0 Å². The average molecular weight is 575 g/mol. The molecule has 41 heavy (non-hydrogen) atoms. The smallest absolute Gasteiger partial charge is 0.290 e. The molecule has 1 fully saturated rings. The fourth-order valence-electron chi connectivity index (χ4n) is 5.46. The molecule has 0 radical (unpaired) electrons. The van der Waals surface area contributed by atoms with Gasteiger partial charge in [0.05, 0.1) is 4.88 Å². The van der Waals surface area contributed by atoms with Crippen molar-refractivity contribution >= 4 is 44.7 Å². The van der Waals surface area contributed by atoms with Crippen molar-refractivity contribution in [2.24, 2.45) is 7.05 Å². The maximum Gasteiger partial charge on any atom is 0.290 e. The minimum atomic E-state index is -0.235. The summed E-state index contributed by atoms with van der Waals surface area (Å²) in [7, 11) is 1.65. The molecular weight excluding hydrogens is 536 g/mol. The number of thiophene rings is 1. The molecule has 9 nitrogen and oxygen atoms in total. The van der Waals surface area contributed by atoms with E-state index < -0.39 is 0 Å². The number of aryl methyl sites for hydroxylation is 1. The van der Waals surface area contributed by atoms with Gasteiger partial charge in [-0.2, -0.15) is 5.10 Å². The Bertz CT molecular complexity index is 1500. The molecule has 216 valence electrons. The van der Waals surface area contributed by atoms with E-state index >= 15 is 0 Å². The number of piperidine rings is 1. The highest BCUT2D eigenvalue weighted by atomic mass is 32.1. The molecule has 2 unspecified atom stereocenters. The summed E-state index contributed by atoms with van der Waals surface area (Å²) in [5.41, 5.74) is 1.34. The molecular formula is C31H38N6O3S. The second-order valence-electron chi connectivity index (χ2n) is 10.7. The first-order valence-corrected chi connectivity index (χ1v) is 15.2. The summed E-state index contributed by atoms with van der Waals surface area (Å²) in [6, 6.07) is 15.7. The number of aliphatic hydroxyl groups is 1. The SMILES string of the molecule is CCC(CCCCO)c1ccc(Nc2cc(N3CCCC(NC(=O)c4cc5ccccc5s4)C3)nn(C)c2=O)nc1. The molecule has 1 aromatic carbocycles. The Labute approximate surface area is 244 Å². The van der Waals surface area contributed by atoms with E-state index in [0.717, 1.165) is 60.7 Å². The number of amides is 1. The van der Waals surface area contributed by atoms with Crippen LogP contribution in [0.3, 0.4) is 0 Å². The number of carbonyl (C=O) groups is 1. The Morgan fingerprint density at radius 1 is 1.20 bits per heavy atom. The normalized spacial score (nSPS) is 16.1. The number of rotatable bonds is 11. The number of fused-ring (bicyclic) bond motifs is 1. The summed E-state index contributed by atoms with van der Waals surface area (Å²) in [6.45, 7) is 3.79. The van der Waals surface area contributed by atoms with Crippen LogP contribution in [0.15, 0.2) is 59.5 Å². The van der Waals surface area contributed by atoms with Crippen LogP contribution in [0.5, 0.6) is 0 Å². The highest BCUT2D eigenvalue weighted by Crippen LogP contribution is 2.28. The van der Waals surface area contributed by atoms with Crippen molar-refractivity contribution in [2.75, 3.05) is 29.9 Å². The van der Waals surface area contributed by atoms with E-state index in [0.29, 0.717) is 34.7 Å². The van der Waals surface area contributed by atoms with Crippen LogP contribution in [0, 0.1) is 0 Å². The molecule has 1 amide bonds. The molecule has 10 heteroatoms. The molecule has 3 aromatic heterocycles. The third-order valence-corrected chi connectivity index (χ3v) is 8.87. The van der Waals surface area contributed by atoms with Crippen LogP contribution in [-0.4, -0.2) is 51.5 Å². The van der Waals surface area contributed by atoms with E-state index in [2.05, 4.69) is 38.6 Å². The van der Waals surface area contributed by atoms with Gasteiger partial charge in [0.1, 0.15) is 11.5 Å². The molecule has 4 heterocycles.